The van der Waals surface area contributed by atoms with Gasteiger partial charge in [-0.25, -0.2) is 0 Å². The second-order valence-electron chi connectivity index (χ2n) is 6.99. The number of ether oxygens (including phenoxy) is 1. The average Bonchev–Trinajstić information content (AvgIpc) is 2.81. The number of hydrogen-bond acceptors (Lipinski definition) is 3. The Morgan fingerprint density at radius 1 is 1.23 bits per heavy atom. The summed E-state index contributed by atoms with van der Waals surface area (Å²) in [5, 5.41) is 0. The lowest BCUT2D eigenvalue weighted by Crippen LogP contribution is -2.41. The molecular weight excluding hydrogens is 276 g/mol. The molecule has 1 aromatic rings. The summed E-state index contributed by atoms with van der Waals surface area (Å²) in [5.74, 6) is 1.48. The summed E-state index contributed by atoms with van der Waals surface area (Å²) in [6.45, 7) is 2.18. The van der Waals surface area contributed by atoms with E-state index in [-0.39, 0.29) is 22.9 Å². The van der Waals surface area contributed by atoms with Crippen LogP contribution in [0.4, 0.5) is 0 Å². The van der Waals surface area contributed by atoms with Crippen molar-refractivity contribution in [2.24, 2.45) is 11.3 Å². The van der Waals surface area contributed by atoms with Gasteiger partial charge in [0.25, 0.3) is 0 Å². The van der Waals surface area contributed by atoms with Crippen LogP contribution < -0.4 is 4.74 Å². The highest BCUT2D eigenvalue weighted by atomic mass is 16.5. The Bertz CT molecular complexity index is 715. The van der Waals surface area contributed by atoms with Crippen molar-refractivity contribution >= 4 is 11.6 Å². The highest BCUT2D eigenvalue weighted by Crippen LogP contribution is 2.59. The number of carbonyl (C=O) groups is 2. The zero-order valence-corrected chi connectivity index (χ0v) is 13.0. The highest BCUT2D eigenvalue weighted by molar-refractivity contribution is 6.05. The molecular formula is C19H20O3. The van der Waals surface area contributed by atoms with E-state index in [2.05, 4.69) is 13.0 Å². The third kappa shape index (κ3) is 1.68. The minimum Gasteiger partial charge on any atom is -0.497 e. The molecule has 0 bridgehead atoms. The van der Waals surface area contributed by atoms with Gasteiger partial charge >= 0.3 is 0 Å². The molecule has 0 N–H and O–H groups in total. The smallest absolute Gasteiger partial charge is 0.167 e. The first-order valence-electron chi connectivity index (χ1n) is 8.00. The molecule has 4 rings (SSSR count). The quantitative estimate of drug-likeness (QED) is 0.794. The fourth-order valence-corrected chi connectivity index (χ4v) is 4.78. The van der Waals surface area contributed by atoms with Gasteiger partial charge < -0.3 is 4.74 Å². The molecule has 1 aromatic carbocycles. The van der Waals surface area contributed by atoms with Gasteiger partial charge in [-0.15, -0.1) is 0 Å². The molecule has 0 heterocycles. The first kappa shape index (κ1) is 13.7. The molecule has 3 aliphatic carbocycles. The molecule has 22 heavy (non-hydrogen) atoms. The molecule has 0 radical (unpaired) electrons. The highest BCUT2D eigenvalue weighted by Gasteiger charge is 2.54. The van der Waals surface area contributed by atoms with Crippen LogP contribution in [0.2, 0.25) is 0 Å². The van der Waals surface area contributed by atoms with Gasteiger partial charge in [-0.05, 0) is 54.4 Å². The zero-order chi connectivity index (χ0) is 15.5. The van der Waals surface area contributed by atoms with E-state index >= 15 is 0 Å². The van der Waals surface area contributed by atoms with Crippen molar-refractivity contribution in [3.05, 3.63) is 41.0 Å². The van der Waals surface area contributed by atoms with E-state index in [4.69, 9.17) is 4.74 Å². The lowest BCUT2D eigenvalue weighted by Gasteiger charge is -2.46. The van der Waals surface area contributed by atoms with Crippen molar-refractivity contribution in [1.29, 1.82) is 0 Å². The molecule has 3 heteroatoms. The number of fused-ring (bicyclic) bond motifs is 5. The summed E-state index contributed by atoms with van der Waals surface area (Å²) in [6.07, 6.45) is 5.08. The van der Waals surface area contributed by atoms with Crippen LogP contribution in [0, 0.1) is 11.3 Å². The molecule has 3 nitrogen and oxygen atoms in total. The Labute approximate surface area is 130 Å². The first-order chi connectivity index (χ1) is 10.5. The van der Waals surface area contributed by atoms with Gasteiger partial charge in [0, 0.05) is 17.9 Å². The van der Waals surface area contributed by atoms with Gasteiger partial charge in [-0.2, -0.15) is 0 Å². The number of allylic oxidation sites excluding steroid dienone is 2. The van der Waals surface area contributed by atoms with Crippen LogP contribution in [-0.2, 0) is 4.79 Å². The largest absolute Gasteiger partial charge is 0.497 e. The molecule has 0 aromatic heterocycles. The molecule has 0 aliphatic heterocycles. The van der Waals surface area contributed by atoms with Crippen molar-refractivity contribution in [3.63, 3.8) is 0 Å². The molecule has 0 spiro atoms. The maximum atomic E-state index is 13.1. The molecule has 3 aliphatic rings. The van der Waals surface area contributed by atoms with Gasteiger partial charge in [0.15, 0.2) is 11.6 Å². The van der Waals surface area contributed by atoms with Gasteiger partial charge in [0.1, 0.15) is 5.75 Å². The van der Waals surface area contributed by atoms with Crippen LogP contribution in [0.25, 0.3) is 0 Å². The van der Waals surface area contributed by atoms with Crippen LogP contribution in [-0.4, -0.2) is 18.7 Å². The minimum absolute atomic E-state index is 0.0114. The van der Waals surface area contributed by atoms with Crippen LogP contribution >= 0.6 is 0 Å². The second-order valence-corrected chi connectivity index (χ2v) is 6.99. The number of benzene rings is 1. The van der Waals surface area contributed by atoms with E-state index in [9.17, 15) is 9.59 Å². The van der Waals surface area contributed by atoms with Crippen LogP contribution in [0.1, 0.15) is 54.4 Å². The van der Waals surface area contributed by atoms with Crippen LogP contribution in [0.3, 0.4) is 0 Å². The predicted octanol–water partition coefficient (Wildman–Crippen LogP) is 3.68. The summed E-state index contributed by atoms with van der Waals surface area (Å²) >= 11 is 0. The number of hydrogen-bond donors (Lipinski definition) is 0. The summed E-state index contributed by atoms with van der Waals surface area (Å²) in [6, 6.07) is 5.89. The number of Topliss-reactive ketones (excluding diaryl/α,β-unsaturated/α-hetero) is 1. The monoisotopic (exact) mass is 296 g/mol. The Hall–Kier alpha value is -1.90. The molecule has 114 valence electrons. The van der Waals surface area contributed by atoms with Gasteiger partial charge in [-0.3, -0.25) is 9.59 Å². The van der Waals surface area contributed by atoms with E-state index in [0.717, 1.165) is 30.6 Å². The maximum absolute atomic E-state index is 13.1. The van der Waals surface area contributed by atoms with Crippen LogP contribution in [0.5, 0.6) is 5.75 Å². The second kappa shape index (κ2) is 4.55. The molecule has 1 saturated carbocycles. The SMILES string of the molecule is COc1ccc2c(c1)C(=O)[C@@H]1[C@@H]2CCC2=CC(=O)CC[C@@]21C. The summed E-state index contributed by atoms with van der Waals surface area (Å²) in [7, 11) is 1.63. The summed E-state index contributed by atoms with van der Waals surface area (Å²) in [4.78, 5) is 24.8. The van der Waals surface area contributed by atoms with Crippen molar-refractivity contribution in [2.45, 2.75) is 38.5 Å². The lowest BCUT2D eigenvalue weighted by atomic mass is 9.56. The standard InChI is InChI=1S/C19H20O3/c1-19-8-7-12(20)9-11(19)3-5-15-14-6-4-13(22-2)10-16(14)18(21)17(15)19/h4,6,9-10,15,17H,3,5,7-8H2,1-2H3/t15-,17+,19+/m1/s1. The van der Waals surface area contributed by atoms with Crippen molar-refractivity contribution in [2.75, 3.05) is 7.11 Å². The topological polar surface area (TPSA) is 43.4 Å². The predicted molar refractivity (Wildman–Crippen MR) is 83.2 cm³/mol. The van der Waals surface area contributed by atoms with Crippen molar-refractivity contribution < 1.29 is 14.3 Å². The van der Waals surface area contributed by atoms with Gasteiger partial charge in [-0.1, -0.05) is 18.6 Å². The Morgan fingerprint density at radius 3 is 2.82 bits per heavy atom. The lowest BCUT2D eigenvalue weighted by molar-refractivity contribution is -0.116. The minimum atomic E-state index is -0.153. The Balaban J connectivity index is 1.83. The maximum Gasteiger partial charge on any atom is 0.167 e. The van der Waals surface area contributed by atoms with Gasteiger partial charge in [0.05, 0.1) is 7.11 Å². The molecule has 0 saturated heterocycles. The third-order valence-corrected chi connectivity index (χ3v) is 5.98. The van der Waals surface area contributed by atoms with E-state index < -0.39 is 0 Å². The molecule has 0 amide bonds. The Morgan fingerprint density at radius 2 is 2.05 bits per heavy atom. The molecule has 0 unspecified atom stereocenters. The number of methoxy groups -OCH3 is 1. The van der Waals surface area contributed by atoms with E-state index in [1.807, 2.05) is 18.2 Å². The first-order valence-corrected chi connectivity index (χ1v) is 8.00. The number of carbonyl (C=O) groups excluding carboxylic acids is 2. The third-order valence-electron chi connectivity index (χ3n) is 5.98. The Kier molecular flexibility index (Phi) is 2.84. The number of rotatable bonds is 1. The normalized spacial score (nSPS) is 32.9. The van der Waals surface area contributed by atoms with Gasteiger partial charge in [0.2, 0.25) is 0 Å². The fraction of sp³-hybridized carbons (Fsp3) is 0.474. The van der Waals surface area contributed by atoms with Crippen molar-refractivity contribution in [3.8, 4) is 5.75 Å². The average molecular weight is 296 g/mol. The summed E-state index contributed by atoms with van der Waals surface area (Å²) < 4.78 is 5.28. The van der Waals surface area contributed by atoms with E-state index in [1.54, 1.807) is 7.11 Å². The number of ketones is 2. The zero-order valence-electron chi connectivity index (χ0n) is 13.0. The van der Waals surface area contributed by atoms with Crippen molar-refractivity contribution in [1.82, 2.24) is 0 Å². The molecule has 3 atom stereocenters. The fourth-order valence-electron chi connectivity index (χ4n) is 4.78. The van der Waals surface area contributed by atoms with E-state index in [0.29, 0.717) is 12.3 Å². The van der Waals surface area contributed by atoms with Crippen LogP contribution in [0.15, 0.2) is 29.8 Å². The van der Waals surface area contributed by atoms with E-state index in [1.165, 1.54) is 11.1 Å². The molecule has 1 fully saturated rings. The summed E-state index contributed by atoms with van der Waals surface area (Å²) in [5.41, 5.74) is 3.04.